The van der Waals surface area contributed by atoms with Crippen LogP contribution in [0.2, 0.25) is 0 Å². The van der Waals surface area contributed by atoms with Crippen molar-refractivity contribution in [1.82, 2.24) is 9.80 Å². The third-order valence-corrected chi connectivity index (χ3v) is 5.05. The third kappa shape index (κ3) is 5.58. The number of benzene rings is 1. The smallest absolute Gasteiger partial charge is 0.336 e. The van der Waals surface area contributed by atoms with Crippen molar-refractivity contribution in [3.8, 4) is 0 Å². The second-order valence-electron chi connectivity index (χ2n) is 7.12. The normalized spacial score (nSPS) is 16.5. The molecule has 1 aliphatic rings. The summed E-state index contributed by atoms with van der Waals surface area (Å²) < 4.78 is 38.0. The van der Waals surface area contributed by atoms with Crippen LogP contribution in [-0.4, -0.2) is 63.6 Å². The van der Waals surface area contributed by atoms with Crippen molar-refractivity contribution < 1.29 is 27.8 Å². The van der Waals surface area contributed by atoms with E-state index in [4.69, 9.17) is 9.47 Å². The van der Waals surface area contributed by atoms with Crippen LogP contribution in [-0.2, 0) is 19.1 Å². The Kier molecular flexibility index (Phi) is 9.45. The van der Waals surface area contributed by atoms with Gasteiger partial charge >= 0.3 is 5.97 Å². The number of allylic oxidation sites excluding steroid dienone is 1. The van der Waals surface area contributed by atoms with Crippen molar-refractivity contribution in [2.45, 2.75) is 19.3 Å². The average Bonchev–Trinajstić information content (AvgIpc) is 2.66. The molecule has 0 saturated heterocycles. The molecule has 0 radical (unpaired) electrons. The van der Waals surface area contributed by atoms with Gasteiger partial charge in [-0.1, -0.05) is 0 Å². The largest absolute Gasteiger partial charge is 0.466 e. The molecule has 166 valence electrons. The maximum atomic E-state index is 14.0. The van der Waals surface area contributed by atoms with Gasteiger partial charge in [-0.25, -0.2) is 13.6 Å². The number of carbonyl (C=O) groups excluding carboxylic acids is 2. The van der Waals surface area contributed by atoms with Gasteiger partial charge in [0.15, 0.2) is 0 Å². The molecule has 1 aromatic rings. The van der Waals surface area contributed by atoms with E-state index in [1.807, 2.05) is 30.8 Å². The molecule has 0 N–H and O–H groups in total. The molecular weight excluding hydrogens is 418 g/mol. The summed E-state index contributed by atoms with van der Waals surface area (Å²) in [5.74, 6) is -2.92. The monoisotopic (exact) mass is 444 g/mol. The molecule has 1 unspecified atom stereocenters. The maximum Gasteiger partial charge on any atom is 0.336 e. The van der Waals surface area contributed by atoms with Crippen LogP contribution in [0, 0.1) is 11.6 Å². The Morgan fingerprint density at radius 2 is 1.83 bits per heavy atom. The number of rotatable bonds is 8. The van der Waals surface area contributed by atoms with Gasteiger partial charge in [-0.2, -0.15) is 0 Å². The molecule has 0 spiro atoms. The van der Waals surface area contributed by atoms with E-state index in [0.29, 0.717) is 30.7 Å². The molecule has 0 aliphatic carbocycles. The predicted molar refractivity (Wildman–Crippen MR) is 111 cm³/mol. The Balaban J connectivity index is 0.00000450. The summed E-state index contributed by atoms with van der Waals surface area (Å²) in [7, 11) is 6.88. The van der Waals surface area contributed by atoms with E-state index in [2.05, 4.69) is 0 Å². The fourth-order valence-corrected chi connectivity index (χ4v) is 3.55. The Labute approximate surface area is 181 Å². The highest BCUT2D eigenvalue weighted by Crippen LogP contribution is 2.43. The molecule has 9 heteroatoms. The fourth-order valence-electron chi connectivity index (χ4n) is 3.55. The zero-order valence-electron chi connectivity index (χ0n) is 17.7. The molecular formula is C21H27ClF2N2O4. The summed E-state index contributed by atoms with van der Waals surface area (Å²) in [6, 6.07) is 3.13. The first-order valence-electron chi connectivity index (χ1n) is 9.11. The number of hydrogen-bond donors (Lipinski definition) is 0. The number of nitrogens with zero attached hydrogens (tertiary/aromatic N) is 2. The first-order valence-corrected chi connectivity index (χ1v) is 9.11. The Morgan fingerprint density at radius 3 is 2.33 bits per heavy atom. The molecule has 1 aliphatic heterocycles. The number of carbonyl (C=O) groups is 2. The number of methoxy groups -OCH3 is 1. The fraction of sp³-hybridized carbons (Fsp3) is 0.429. The Morgan fingerprint density at radius 1 is 1.23 bits per heavy atom. The van der Waals surface area contributed by atoms with Gasteiger partial charge in [0.25, 0.3) is 6.47 Å². The molecule has 30 heavy (non-hydrogen) atoms. The number of hydrogen-bond acceptors (Lipinski definition) is 6. The number of ether oxygens (including phenoxy) is 2. The summed E-state index contributed by atoms with van der Waals surface area (Å²) in [4.78, 5) is 27.4. The van der Waals surface area contributed by atoms with Crippen molar-refractivity contribution in [2.75, 3.05) is 41.4 Å². The topological polar surface area (TPSA) is 59.1 Å². The molecule has 0 saturated carbocycles. The average molecular weight is 445 g/mol. The highest BCUT2D eigenvalue weighted by atomic mass is 35.5. The van der Waals surface area contributed by atoms with Gasteiger partial charge in [0.1, 0.15) is 18.2 Å². The molecule has 0 aromatic heterocycles. The van der Waals surface area contributed by atoms with Crippen molar-refractivity contribution in [2.24, 2.45) is 0 Å². The zero-order valence-corrected chi connectivity index (χ0v) is 18.5. The highest BCUT2D eigenvalue weighted by Gasteiger charge is 2.37. The SMILES string of the molecule is COC(=O)C1=C(CCN(C)C)N(C)C(C)=C(COC=O)C1c1cc(F)cc(F)c1.Cl. The maximum absolute atomic E-state index is 14.0. The van der Waals surface area contributed by atoms with Crippen molar-refractivity contribution in [1.29, 1.82) is 0 Å². The van der Waals surface area contributed by atoms with Crippen LogP contribution in [0.5, 0.6) is 0 Å². The molecule has 1 aromatic carbocycles. The van der Waals surface area contributed by atoms with E-state index in [1.54, 1.807) is 7.05 Å². The number of esters is 1. The quantitative estimate of drug-likeness (QED) is 0.453. The summed E-state index contributed by atoms with van der Waals surface area (Å²) in [5, 5.41) is 0. The standard InChI is InChI=1S/C21H26F2N2O4.ClH/c1-13-17(11-29-12-26)19(14-8-15(22)10-16(23)9-14)20(21(27)28-5)18(25(13)4)6-7-24(2)3;/h8-10,12,19H,6-7,11H2,1-5H3;1H. The van der Waals surface area contributed by atoms with Gasteiger partial charge in [-0.15, -0.1) is 12.4 Å². The van der Waals surface area contributed by atoms with E-state index in [9.17, 15) is 18.4 Å². The Bertz CT molecular complexity index is 835. The number of halogens is 3. The lowest BCUT2D eigenvalue weighted by atomic mass is 9.79. The van der Waals surface area contributed by atoms with E-state index in [0.717, 1.165) is 11.8 Å². The molecule has 2 rings (SSSR count). The molecule has 1 atom stereocenters. The summed E-state index contributed by atoms with van der Waals surface area (Å²) >= 11 is 0. The van der Waals surface area contributed by atoms with Crippen LogP contribution in [0.15, 0.2) is 40.7 Å². The molecule has 1 heterocycles. The van der Waals surface area contributed by atoms with Gasteiger partial charge in [0, 0.05) is 43.4 Å². The van der Waals surface area contributed by atoms with Crippen LogP contribution in [0.1, 0.15) is 24.8 Å². The Hall–Kier alpha value is -2.45. The van der Waals surface area contributed by atoms with E-state index < -0.39 is 23.5 Å². The van der Waals surface area contributed by atoms with E-state index in [1.165, 1.54) is 19.2 Å². The second-order valence-corrected chi connectivity index (χ2v) is 7.12. The van der Waals surface area contributed by atoms with Gasteiger partial charge in [0.05, 0.1) is 12.7 Å². The second kappa shape index (κ2) is 11.1. The minimum Gasteiger partial charge on any atom is -0.466 e. The van der Waals surface area contributed by atoms with Gasteiger partial charge < -0.3 is 19.3 Å². The first kappa shape index (κ1) is 25.6. The van der Waals surface area contributed by atoms with Crippen molar-refractivity contribution in [3.63, 3.8) is 0 Å². The zero-order chi connectivity index (χ0) is 21.7. The lowest BCUT2D eigenvalue weighted by molar-refractivity contribution is -0.136. The molecule has 0 amide bonds. The van der Waals surface area contributed by atoms with Gasteiger partial charge in [-0.3, -0.25) is 4.79 Å². The summed E-state index contributed by atoms with van der Waals surface area (Å²) in [6.45, 7) is 2.64. The summed E-state index contributed by atoms with van der Waals surface area (Å²) in [5.41, 5.74) is 2.51. The van der Waals surface area contributed by atoms with Crippen LogP contribution in [0.3, 0.4) is 0 Å². The van der Waals surface area contributed by atoms with E-state index >= 15 is 0 Å². The van der Waals surface area contributed by atoms with Gasteiger partial charge in [0.2, 0.25) is 0 Å². The van der Waals surface area contributed by atoms with Gasteiger partial charge in [-0.05, 0) is 44.3 Å². The lowest BCUT2D eigenvalue weighted by Crippen LogP contribution is -2.34. The highest BCUT2D eigenvalue weighted by molar-refractivity contribution is 5.92. The molecule has 0 fully saturated rings. The van der Waals surface area contributed by atoms with Crippen molar-refractivity contribution >= 4 is 24.8 Å². The van der Waals surface area contributed by atoms with Crippen molar-refractivity contribution in [3.05, 3.63) is 57.9 Å². The van der Waals surface area contributed by atoms with Crippen LogP contribution in [0.25, 0.3) is 0 Å². The predicted octanol–water partition coefficient (Wildman–Crippen LogP) is 3.24. The van der Waals surface area contributed by atoms with Crippen LogP contribution < -0.4 is 0 Å². The lowest BCUT2D eigenvalue weighted by Gasteiger charge is -2.38. The van der Waals surface area contributed by atoms with E-state index in [-0.39, 0.29) is 30.2 Å². The minimum atomic E-state index is -0.805. The third-order valence-electron chi connectivity index (χ3n) is 5.05. The van der Waals surface area contributed by atoms with Crippen LogP contribution >= 0.6 is 12.4 Å². The molecule has 0 bridgehead atoms. The first-order chi connectivity index (χ1) is 13.7. The minimum absolute atomic E-state index is 0. The summed E-state index contributed by atoms with van der Waals surface area (Å²) in [6.07, 6.45) is 0.515. The molecule has 6 nitrogen and oxygen atoms in total. The van der Waals surface area contributed by atoms with Crippen LogP contribution in [0.4, 0.5) is 8.78 Å².